The molecule has 3 rings (SSSR count). The van der Waals surface area contributed by atoms with Crippen molar-refractivity contribution in [3.8, 4) is 5.95 Å². The third-order valence-electron chi connectivity index (χ3n) is 2.26. The van der Waals surface area contributed by atoms with Crippen molar-refractivity contribution < 1.29 is 0 Å². The first-order chi connectivity index (χ1) is 9.70. The Bertz CT molecular complexity index is 714. The second kappa shape index (κ2) is 5.81. The predicted octanol–water partition coefficient (Wildman–Crippen LogP) is 2.54. The monoisotopic (exact) mass is 371 g/mol. The van der Waals surface area contributed by atoms with Crippen molar-refractivity contribution in [2.45, 2.75) is 6.54 Å². The lowest BCUT2D eigenvalue weighted by Crippen LogP contribution is -2.09. The van der Waals surface area contributed by atoms with E-state index in [1.807, 2.05) is 11.4 Å². The summed E-state index contributed by atoms with van der Waals surface area (Å²) in [6.07, 6.45) is 2.89. The number of rotatable bonds is 4. The largest absolute Gasteiger partial charge is 0.349 e. The van der Waals surface area contributed by atoms with Crippen LogP contribution in [0.1, 0.15) is 4.88 Å². The van der Waals surface area contributed by atoms with E-state index in [9.17, 15) is 0 Å². The van der Waals surface area contributed by atoms with E-state index in [0.717, 1.165) is 9.35 Å². The van der Waals surface area contributed by atoms with Crippen molar-refractivity contribution in [1.82, 2.24) is 29.7 Å². The SMILES string of the molecule is Clc1nc(NCc2cc(Br)cs2)nc(-n2cncn2)n1. The molecular weight excluding hydrogens is 366 g/mol. The number of hydrogen-bond acceptors (Lipinski definition) is 7. The molecule has 0 aliphatic heterocycles. The van der Waals surface area contributed by atoms with Crippen molar-refractivity contribution in [2.75, 3.05) is 5.32 Å². The fourth-order valence-corrected chi connectivity index (χ4v) is 2.99. The van der Waals surface area contributed by atoms with Gasteiger partial charge in [0.05, 0.1) is 6.54 Å². The number of aromatic nitrogens is 6. The van der Waals surface area contributed by atoms with E-state index in [1.54, 1.807) is 11.3 Å². The highest BCUT2D eigenvalue weighted by molar-refractivity contribution is 9.10. The molecule has 102 valence electrons. The van der Waals surface area contributed by atoms with E-state index in [2.05, 4.69) is 46.3 Å². The second-order valence-corrected chi connectivity index (χ2v) is 5.90. The first-order valence-electron chi connectivity index (χ1n) is 5.44. The Morgan fingerprint density at radius 1 is 1.35 bits per heavy atom. The minimum atomic E-state index is 0.0976. The number of thiophene rings is 1. The van der Waals surface area contributed by atoms with Crippen molar-refractivity contribution in [3.05, 3.63) is 38.7 Å². The first-order valence-corrected chi connectivity index (χ1v) is 7.49. The second-order valence-electron chi connectivity index (χ2n) is 3.65. The molecule has 0 unspecified atom stereocenters. The zero-order chi connectivity index (χ0) is 13.9. The topological polar surface area (TPSA) is 81.4 Å². The summed E-state index contributed by atoms with van der Waals surface area (Å²) in [5, 5.41) is 9.16. The summed E-state index contributed by atoms with van der Waals surface area (Å²) in [7, 11) is 0. The quantitative estimate of drug-likeness (QED) is 0.758. The van der Waals surface area contributed by atoms with Crippen LogP contribution in [-0.2, 0) is 6.54 Å². The summed E-state index contributed by atoms with van der Waals surface area (Å²) in [6, 6.07) is 2.03. The molecule has 1 N–H and O–H groups in total. The average Bonchev–Trinajstić information content (AvgIpc) is 3.07. The Balaban J connectivity index is 1.79. The molecule has 20 heavy (non-hydrogen) atoms. The van der Waals surface area contributed by atoms with Gasteiger partial charge in [0.15, 0.2) is 0 Å². The number of halogens is 2. The van der Waals surface area contributed by atoms with Crippen LogP contribution in [0.4, 0.5) is 5.95 Å². The van der Waals surface area contributed by atoms with Gasteiger partial charge in [-0.2, -0.15) is 24.7 Å². The Morgan fingerprint density at radius 2 is 2.25 bits per heavy atom. The van der Waals surface area contributed by atoms with Crippen LogP contribution < -0.4 is 5.32 Å². The molecule has 0 radical (unpaired) electrons. The lowest BCUT2D eigenvalue weighted by Gasteiger charge is -2.05. The smallest absolute Gasteiger partial charge is 0.258 e. The number of nitrogens with zero attached hydrogens (tertiary/aromatic N) is 6. The molecule has 0 aromatic carbocycles. The van der Waals surface area contributed by atoms with E-state index in [1.165, 1.54) is 17.3 Å². The van der Waals surface area contributed by atoms with Crippen molar-refractivity contribution in [3.63, 3.8) is 0 Å². The standard InChI is InChI=1S/C10H7BrClN7S/c11-6-1-7(20-3-6)2-14-9-16-8(12)17-10(18-9)19-5-13-4-15-19/h1,3-5H,2H2,(H,14,16,17,18). The zero-order valence-electron chi connectivity index (χ0n) is 9.86. The van der Waals surface area contributed by atoms with Crippen LogP contribution in [0.3, 0.4) is 0 Å². The summed E-state index contributed by atoms with van der Waals surface area (Å²) >= 11 is 10.9. The predicted molar refractivity (Wildman–Crippen MR) is 79.1 cm³/mol. The molecule has 0 amide bonds. The van der Waals surface area contributed by atoms with Crippen LogP contribution in [0.2, 0.25) is 5.28 Å². The van der Waals surface area contributed by atoms with E-state index in [4.69, 9.17) is 11.6 Å². The van der Waals surface area contributed by atoms with Crippen LogP contribution in [-0.4, -0.2) is 29.7 Å². The molecule has 0 fully saturated rings. The van der Waals surface area contributed by atoms with Crippen molar-refractivity contribution in [2.24, 2.45) is 0 Å². The summed E-state index contributed by atoms with van der Waals surface area (Å²) in [6.45, 7) is 0.605. The molecule has 3 heterocycles. The van der Waals surface area contributed by atoms with Crippen LogP contribution in [0.15, 0.2) is 28.6 Å². The lowest BCUT2D eigenvalue weighted by atomic mass is 10.5. The summed E-state index contributed by atoms with van der Waals surface area (Å²) in [5.74, 6) is 0.706. The van der Waals surface area contributed by atoms with Crippen molar-refractivity contribution in [1.29, 1.82) is 0 Å². The number of hydrogen-bond donors (Lipinski definition) is 1. The van der Waals surface area contributed by atoms with Crippen LogP contribution in [0.25, 0.3) is 5.95 Å². The maximum absolute atomic E-state index is 5.88. The van der Waals surface area contributed by atoms with Crippen LogP contribution in [0.5, 0.6) is 0 Å². The van der Waals surface area contributed by atoms with Gasteiger partial charge in [0, 0.05) is 14.7 Å². The molecule has 10 heteroatoms. The molecule has 0 atom stereocenters. The molecule has 0 aliphatic carbocycles. The molecule has 0 saturated heterocycles. The van der Waals surface area contributed by atoms with E-state index >= 15 is 0 Å². The Kier molecular flexibility index (Phi) is 3.90. The van der Waals surface area contributed by atoms with Gasteiger partial charge in [-0.3, -0.25) is 0 Å². The van der Waals surface area contributed by atoms with Gasteiger partial charge >= 0.3 is 0 Å². The minimum Gasteiger partial charge on any atom is -0.349 e. The van der Waals surface area contributed by atoms with Crippen molar-refractivity contribution >= 4 is 44.8 Å². The van der Waals surface area contributed by atoms with Crippen LogP contribution >= 0.6 is 38.9 Å². The van der Waals surface area contributed by atoms with Gasteiger partial charge in [-0.05, 0) is 33.6 Å². The fourth-order valence-electron chi connectivity index (χ4n) is 1.45. The van der Waals surface area contributed by atoms with Gasteiger partial charge in [0.25, 0.3) is 5.95 Å². The van der Waals surface area contributed by atoms with Gasteiger partial charge in [-0.15, -0.1) is 11.3 Å². The van der Waals surface area contributed by atoms with Crippen LogP contribution in [0, 0.1) is 0 Å². The summed E-state index contributed by atoms with van der Waals surface area (Å²) in [4.78, 5) is 17.2. The first kappa shape index (κ1) is 13.4. The number of nitrogens with one attached hydrogen (secondary N) is 1. The Morgan fingerprint density at radius 3 is 2.95 bits per heavy atom. The number of anilines is 1. The molecule has 0 saturated carbocycles. The lowest BCUT2D eigenvalue weighted by molar-refractivity contribution is 0.793. The van der Waals surface area contributed by atoms with E-state index < -0.39 is 0 Å². The molecule has 0 bridgehead atoms. The summed E-state index contributed by atoms with van der Waals surface area (Å²) in [5.41, 5.74) is 0. The van der Waals surface area contributed by atoms with Gasteiger partial charge in [0.2, 0.25) is 11.2 Å². The van der Waals surface area contributed by atoms with Gasteiger partial charge in [0.1, 0.15) is 12.7 Å². The molecule has 0 aliphatic rings. The molecule has 7 nitrogen and oxygen atoms in total. The average molecular weight is 373 g/mol. The minimum absolute atomic E-state index is 0.0976. The highest BCUT2D eigenvalue weighted by Crippen LogP contribution is 2.20. The normalized spacial score (nSPS) is 10.7. The third-order valence-corrected chi connectivity index (χ3v) is 4.13. The molecular formula is C10H7BrClN7S. The Labute approximate surface area is 131 Å². The zero-order valence-corrected chi connectivity index (χ0v) is 13.0. The fraction of sp³-hybridized carbons (Fsp3) is 0.100. The van der Waals surface area contributed by atoms with Gasteiger partial charge in [-0.1, -0.05) is 0 Å². The Hall–Kier alpha value is -1.58. The highest BCUT2D eigenvalue weighted by atomic mass is 79.9. The van der Waals surface area contributed by atoms with Gasteiger partial charge in [-0.25, -0.2) is 4.98 Å². The molecule has 0 spiro atoms. The third kappa shape index (κ3) is 3.11. The van der Waals surface area contributed by atoms with E-state index in [-0.39, 0.29) is 5.28 Å². The maximum atomic E-state index is 5.88. The highest BCUT2D eigenvalue weighted by Gasteiger charge is 2.07. The summed E-state index contributed by atoms with van der Waals surface area (Å²) < 4.78 is 2.47. The molecule has 3 aromatic rings. The maximum Gasteiger partial charge on any atom is 0.258 e. The van der Waals surface area contributed by atoms with Gasteiger partial charge < -0.3 is 5.32 Å². The van der Waals surface area contributed by atoms with E-state index in [0.29, 0.717) is 18.4 Å². The molecule has 3 aromatic heterocycles.